The summed E-state index contributed by atoms with van der Waals surface area (Å²) in [5.74, 6) is 2.61. The lowest BCUT2D eigenvalue weighted by atomic mass is 9.84. The smallest absolute Gasteiger partial charge is 0.224 e. The fourth-order valence-electron chi connectivity index (χ4n) is 4.11. The van der Waals surface area contributed by atoms with Gasteiger partial charge in [-0.1, -0.05) is 30.2 Å². The molecule has 20 heavy (non-hydrogen) atoms. The van der Waals surface area contributed by atoms with Crippen LogP contribution < -0.4 is 5.32 Å². The maximum absolute atomic E-state index is 12.1. The molecule has 0 spiro atoms. The molecule has 1 amide bonds. The molecular weight excluding hydrogens is 270 g/mol. The van der Waals surface area contributed by atoms with E-state index in [0.717, 1.165) is 17.4 Å². The van der Waals surface area contributed by atoms with E-state index in [0.29, 0.717) is 23.4 Å². The number of fused-ring (bicyclic) bond motifs is 2. The molecule has 0 radical (unpaired) electrons. The van der Waals surface area contributed by atoms with Gasteiger partial charge < -0.3 is 5.32 Å². The number of rotatable bonds is 4. The van der Waals surface area contributed by atoms with Crippen LogP contribution in [-0.2, 0) is 11.2 Å². The van der Waals surface area contributed by atoms with E-state index < -0.39 is 0 Å². The zero-order valence-electron chi connectivity index (χ0n) is 11.9. The van der Waals surface area contributed by atoms with Crippen LogP contribution in [0.3, 0.4) is 0 Å². The summed E-state index contributed by atoms with van der Waals surface area (Å²) in [6, 6.07) is 7.83. The highest BCUT2D eigenvalue weighted by Gasteiger charge is 2.42. The highest BCUT2D eigenvalue weighted by molar-refractivity contribution is 6.30. The normalized spacial score (nSPS) is 29.4. The van der Waals surface area contributed by atoms with Crippen molar-refractivity contribution in [1.29, 1.82) is 0 Å². The van der Waals surface area contributed by atoms with Crippen LogP contribution in [-0.4, -0.2) is 11.9 Å². The van der Waals surface area contributed by atoms with Crippen molar-refractivity contribution < 1.29 is 4.79 Å². The quantitative estimate of drug-likeness (QED) is 0.898. The van der Waals surface area contributed by atoms with Crippen molar-refractivity contribution in [2.45, 2.75) is 45.1 Å². The molecule has 2 saturated carbocycles. The van der Waals surface area contributed by atoms with Gasteiger partial charge in [0.2, 0.25) is 5.91 Å². The number of benzene rings is 1. The monoisotopic (exact) mass is 291 g/mol. The van der Waals surface area contributed by atoms with E-state index >= 15 is 0 Å². The van der Waals surface area contributed by atoms with Crippen molar-refractivity contribution in [3.63, 3.8) is 0 Å². The molecule has 2 bridgehead atoms. The third kappa shape index (κ3) is 3.01. The van der Waals surface area contributed by atoms with Crippen LogP contribution in [0.2, 0.25) is 5.02 Å². The highest BCUT2D eigenvalue weighted by Crippen LogP contribution is 2.49. The molecule has 1 aromatic rings. The molecule has 1 N–H and O–H groups in total. The second kappa shape index (κ2) is 5.77. The van der Waals surface area contributed by atoms with Crippen molar-refractivity contribution in [2.24, 2.45) is 17.8 Å². The largest absolute Gasteiger partial charge is 0.353 e. The molecule has 1 aromatic carbocycles. The molecule has 108 valence electrons. The molecule has 3 heteroatoms. The topological polar surface area (TPSA) is 29.1 Å². The summed E-state index contributed by atoms with van der Waals surface area (Å²) < 4.78 is 0. The molecule has 2 aliphatic carbocycles. The molecule has 2 fully saturated rings. The van der Waals surface area contributed by atoms with E-state index in [2.05, 4.69) is 12.2 Å². The Kier molecular flexibility index (Phi) is 4.02. The van der Waals surface area contributed by atoms with E-state index in [-0.39, 0.29) is 5.91 Å². The number of hydrogen-bond donors (Lipinski definition) is 1. The van der Waals surface area contributed by atoms with Gasteiger partial charge in [-0.15, -0.1) is 0 Å². The lowest BCUT2D eigenvalue weighted by molar-refractivity contribution is -0.121. The molecule has 0 saturated heterocycles. The van der Waals surface area contributed by atoms with Crippen LogP contribution in [0.15, 0.2) is 24.3 Å². The van der Waals surface area contributed by atoms with E-state index in [1.807, 2.05) is 24.3 Å². The van der Waals surface area contributed by atoms with Crippen LogP contribution >= 0.6 is 11.6 Å². The summed E-state index contributed by atoms with van der Waals surface area (Å²) in [7, 11) is 0. The fourth-order valence-corrected chi connectivity index (χ4v) is 4.23. The Labute approximate surface area is 125 Å². The maximum Gasteiger partial charge on any atom is 0.224 e. The van der Waals surface area contributed by atoms with Gasteiger partial charge in [-0.2, -0.15) is 0 Å². The SMILES string of the molecule is C[C@H](NC(=O)Cc1ccc(Cl)cc1)[C@@H]1C[C@H]2CC[C@H]1C2. The minimum Gasteiger partial charge on any atom is -0.353 e. The van der Waals surface area contributed by atoms with Crippen molar-refractivity contribution in [3.05, 3.63) is 34.9 Å². The van der Waals surface area contributed by atoms with Crippen LogP contribution in [0.4, 0.5) is 0 Å². The van der Waals surface area contributed by atoms with Gasteiger partial charge >= 0.3 is 0 Å². The standard InChI is InChI=1S/C17H22ClNO/c1-11(16-9-13-2-5-14(16)8-13)19-17(20)10-12-3-6-15(18)7-4-12/h3-4,6-7,11,13-14,16H,2,5,8-10H2,1H3,(H,19,20)/t11-,13-,14-,16-/m0/s1. The van der Waals surface area contributed by atoms with Crippen molar-refractivity contribution >= 4 is 17.5 Å². The molecule has 0 unspecified atom stereocenters. The lowest BCUT2D eigenvalue weighted by Gasteiger charge is -2.28. The maximum atomic E-state index is 12.1. The van der Waals surface area contributed by atoms with Crippen LogP contribution in [0.1, 0.15) is 38.2 Å². The van der Waals surface area contributed by atoms with E-state index in [9.17, 15) is 4.79 Å². The number of carbonyl (C=O) groups is 1. The summed E-state index contributed by atoms with van der Waals surface area (Å²) in [5, 5.41) is 3.91. The Hall–Kier alpha value is -1.02. The number of carbonyl (C=O) groups excluding carboxylic acids is 1. The summed E-state index contributed by atoms with van der Waals surface area (Å²) in [4.78, 5) is 12.1. The number of hydrogen-bond acceptors (Lipinski definition) is 1. The van der Waals surface area contributed by atoms with Gasteiger partial charge in [0.05, 0.1) is 6.42 Å². The number of halogens is 1. The fraction of sp³-hybridized carbons (Fsp3) is 0.588. The Morgan fingerprint density at radius 3 is 2.65 bits per heavy atom. The Bertz CT molecular complexity index is 484. The summed E-state index contributed by atoms with van der Waals surface area (Å²) in [6.07, 6.45) is 5.93. The second-order valence-electron chi connectivity index (χ2n) is 6.50. The van der Waals surface area contributed by atoms with Crippen LogP contribution in [0.5, 0.6) is 0 Å². The minimum atomic E-state index is 0.127. The van der Waals surface area contributed by atoms with Gasteiger partial charge in [0.1, 0.15) is 0 Å². The minimum absolute atomic E-state index is 0.127. The van der Waals surface area contributed by atoms with Crippen molar-refractivity contribution in [1.82, 2.24) is 5.32 Å². The average molecular weight is 292 g/mol. The molecule has 3 rings (SSSR count). The first-order valence-corrected chi connectivity index (χ1v) is 8.03. The van der Waals surface area contributed by atoms with Crippen LogP contribution in [0.25, 0.3) is 0 Å². The molecule has 0 aromatic heterocycles. The predicted octanol–water partition coefficient (Wildman–Crippen LogP) is 3.82. The van der Waals surface area contributed by atoms with E-state index in [4.69, 9.17) is 11.6 Å². The van der Waals surface area contributed by atoms with Gasteiger partial charge in [0, 0.05) is 11.1 Å². The van der Waals surface area contributed by atoms with Gasteiger partial charge in [-0.3, -0.25) is 4.79 Å². The predicted molar refractivity (Wildman–Crippen MR) is 81.7 cm³/mol. The lowest BCUT2D eigenvalue weighted by Crippen LogP contribution is -2.40. The summed E-state index contributed by atoms with van der Waals surface area (Å²) in [6.45, 7) is 2.17. The van der Waals surface area contributed by atoms with Gasteiger partial charge in [-0.05, 0) is 61.6 Å². The summed E-state index contributed by atoms with van der Waals surface area (Å²) in [5.41, 5.74) is 1.02. The first kappa shape index (κ1) is 13.9. The zero-order valence-corrected chi connectivity index (χ0v) is 12.7. The molecule has 0 aliphatic heterocycles. The third-order valence-electron chi connectivity index (χ3n) is 5.10. The molecule has 2 nitrogen and oxygen atoms in total. The Balaban J connectivity index is 1.52. The third-order valence-corrected chi connectivity index (χ3v) is 5.35. The Morgan fingerprint density at radius 2 is 2.05 bits per heavy atom. The van der Waals surface area contributed by atoms with Gasteiger partial charge in [0.15, 0.2) is 0 Å². The first-order chi connectivity index (χ1) is 9.61. The highest BCUT2D eigenvalue weighted by atomic mass is 35.5. The molecule has 2 aliphatic rings. The molecule has 0 heterocycles. The second-order valence-corrected chi connectivity index (χ2v) is 6.93. The Morgan fingerprint density at radius 1 is 1.30 bits per heavy atom. The van der Waals surface area contributed by atoms with E-state index in [1.165, 1.54) is 25.7 Å². The first-order valence-electron chi connectivity index (χ1n) is 7.65. The molecule has 4 atom stereocenters. The average Bonchev–Trinajstić information content (AvgIpc) is 3.03. The zero-order chi connectivity index (χ0) is 14.1. The van der Waals surface area contributed by atoms with Crippen molar-refractivity contribution in [2.75, 3.05) is 0 Å². The van der Waals surface area contributed by atoms with Crippen LogP contribution in [0, 0.1) is 17.8 Å². The van der Waals surface area contributed by atoms with Gasteiger partial charge in [0.25, 0.3) is 0 Å². The number of amides is 1. The van der Waals surface area contributed by atoms with Crippen molar-refractivity contribution in [3.8, 4) is 0 Å². The number of nitrogens with one attached hydrogen (secondary N) is 1. The molecular formula is C17H22ClNO. The van der Waals surface area contributed by atoms with Gasteiger partial charge in [-0.25, -0.2) is 0 Å². The summed E-state index contributed by atoms with van der Waals surface area (Å²) >= 11 is 5.85. The van der Waals surface area contributed by atoms with E-state index in [1.54, 1.807) is 0 Å².